The van der Waals surface area contributed by atoms with Crippen LogP contribution in [0.4, 0.5) is 0 Å². The molecule has 1 amide bonds. The van der Waals surface area contributed by atoms with Crippen LogP contribution in [0, 0.1) is 0 Å². The van der Waals surface area contributed by atoms with Crippen LogP contribution in [0.5, 0.6) is 0 Å². The molecule has 1 spiro atoms. The van der Waals surface area contributed by atoms with Crippen LogP contribution in [-0.2, 0) is 4.74 Å². The van der Waals surface area contributed by atoms with Gasteiger partial charge >= 0.3 is 0 Å². The van der Waals surface area contributed by atoms with Crippen molar-refractivity contribution in [1.29, 1.82) is 0 Å². The van der Waals surface area contributed by atoms with Gasteiger partial charge in [-0.05, 0) is 30.7 Å². The van der Waals surface area contributed by atoms with Crippen LogP contribution in [0.25, 0.3) is 9.88 Å². The molecule has 1 aliphatic carbocycles. The van der Waals surface area contributed by atoms with Gasteiger partial charge in [0.05, 0.1) is 23.1 Å². The van der Waals surface area contributed by atoms with Crippen LogP contribution in [0.2, 0.25) is 0 Å². The minimum atomic E-state index is -0.0808. The van der Waals surface area contributed by atoms with Crippen molar-refractivity contribution in [3.63, 3.8) is 0 Å². The first kappa shape index (κ1) is 14.4. The van der Waals surface area contributed by atoms with Crippen molar-refractivity contribution in [3.05, 3.63) is 28.6 Å². The molecule has 1 saturated carbocycles. The number of aromatic nitrogens is 1. The lowest BCUT2D eigenvalue weighted by Gasteiger charge is -2.21. The molecule has 0 bridgehead atoms. The molecule has 0 unspecified atom stereocenters. The molecule has 1 saturated heterocycles. The van der Waals surface area contributed by atoms with E-state index in [9.17, 15) is 4.79 Å². The van der Waals surface area contributed by atoms with Gasteiger partial charge in [-0.3, -0.25) is 4.79 Å². The number of thiazole rings is 1. The smallest absolute Gasteiger partial charge is 0.271 e. The maximum Gasteiger partial charge on any atom is 0.271 e. The van der Waals surface area contributed by atoms with Crippen LogP contribution < -0.4 is 5.32 Å². The number of ether oxygens (including phenoxy) is 1. The monoisotopic (exact) mass is 334 g/mol. The number of hydrogen-bond acceptors (Lipinski definition) is 5. The van der Waals surface area contributed by atoms with E-state index < -0.39 is 0 Å². The topological polar surface area (TPSA) is 51.2 Å². The number of nitrogens with zero attached hydrogens (tertiary/aromatic N) is 1. The lowest BCUT2D eigenvalue weighted by Crippen LogP contribution is -2.36. The summed E-state index contributed by atoms with van der Waals surface area (Å²) in [4.78, 5) is 17.9. The lowest BCUT2D eigenvalue weighted by atomic mass is 9.96. The van der Waals surface area contributed by atoms with E-state index in [1.54, 1.807) is 11.3 Å². The molecule has 0 aromatic carbocycles. The Labute approximate surface area is 137 Å². The van der Waals surface area contributed by atoms with Crippen molar-refractivity contribution in [2.24, 2.45) is 0 Å². The second-order valence-corrected chi connectivity index (χ2v) is 7.90. The van der Waals surface area contributed by atoms with Crippen molar-refractivity contribution >= 4 is 28.6 Å². The Morgan fingerprint density at radius 2 is 2.23 bits per heavy atom. The molecular formula is C16H18N2O2S2. The molecule has 1 atom stereocenters. The number of thiophene rings is 1. The van der Waals surface area contributed by atoms with Gasteiger partial charge in [-0.1, -0.05) is 18.9 Å². The van der Waals surface area contributed by atoms with Crippen LogP contribution in [0.3, 0.4) is 0 Å². The largest absolute Gasteiger partial charge is 0.373 e. The average Bonchev–Trinajstić information content (AvgIpc) is 3.27. The van der Waals surface area contributed by atoms with E-state index in [0.717, 1.165) is 29.1 Å². The van der Waals surface area contributed by atoms with Gasteiger partial charge in [0.2, 0.25) is 0 Å². The fourth-order valence-electron chi connectivity index (χ4n) is 3.46. The van der Waals surface area contributed by atoms with E-state index in [-0.39, 0.29) is 17.6 Å². The first-order chi connectivity index (χ1) is 10.7. The minimum absolute atomic E-state index is 0.0438. The maximum atomic E-state index is 12.4. The summed E-state index contributed by atoms with van der Waals surface area (Å²) >= 11 is 3.16. The molecule has 116 valence electrons. The fraction of sp³-hybridized carbons (Fsp3) is 0.500. The van der Waals surface area contributed by atoms with Crippen LogP contribution >= 0.6 is 22.7 Å². The van der Waals surface area contributed by atoms with Crippen LogP contribution in [0.15, 0.2) is 22.9 Å². The highest BCUT2D eigenvalue weighted by atomic mass is 32.1. The van der Waals surface area contributed by atoms with Gasteiger partial charge in [0.1, 0.15) is 10.7 Å². The van der Waals surface area contributed by atoms with Gasteiger partial charge in [-0.25, -0.2) is 4.98 Å². The molecule has 2 aromatic heterocycles. The Kier molecular flexibility index (Phi) is 3.76. The van der Waals surface area contributed by atoms with Gasteiger partial charge in [0.15, 0.2) is 0 Å². The minimum Gasteiger partial charge on any atom is -0.373 e. The summed E-state index contributed by atoms with van der Waals surface area (Å²) in [5.74, 6) is -0.0808. The highest BCUT2D eigenvalue weighted by Crippen LogP contribution is 2.40. The van der Waals surface area contributed by atoms with E-state index in [2.05, 4.69) is 10.3 Å². The summed E-state index contributed by atoms with van der Waals surface area (Å²) in [6.45, 7) is 0.633. The molecule has 22 heavy (non-hydrogen) atoms. The number of carbonyl (C=O) groups is 1. The van der Waals surface area contributed by atoms with Crippen LogP contribution in [-0.4, -0.2) is 29.1 Å². The Hall–Kier alpha value is -1.24. The predicted octanol–water partition coefficient (Wildman–Crippen LogP) is 3.70. The normalized spacial score (nSPS) is 23.2. The first-order valence-electron chi connectivity index (χ1n) is 7.68. The zero-order valence-electron chi connectivity index (χ0n) is 12.2. The first-order valence-corrected chi connectivity index (χ1v) is 9.44. The van der Waals surface area contributed by atoms with Gasteiger partial charge in [0.25, 0.3) is 5.91 Å². The number of carbonyl (C=O) groups excluding carboxylic acids is 1. The molecular weight excluding hydrogens is 316 g/mol. The summed E-state index contributed by atoms with van der Waals surface area (Å²) in [7, 11) is 0. The molecule has 2 aromatic rings. The highest BCUT2D eigenvalue weighted by molar-refractivity contribution is 7.20. The Balaban J connectivity index is 1.40. The van der Waals surface area contributed by atoms with E-state index in [0.29, 0.717) is 12.3 Å². The molecule has 3 heterocycles. The van der Waals surface area contributed by atoms with Gasteiger partial charge in [-0.15, -0.1) is 22.7 Å². The third kappa shape index (κ3) is 2.71. The maximum absolute atomic E-state index is 12.4. The van der Waals surface area contributed by atoms with Crippen molar-refractivity contribution in [1.82, 2.24) is 10.3 Å². The second-order valence-electron chi connectivity index (χ2n) is 6.09. The van der Waals surface area contributed by atoms with Crippen molar-refractivity contribution in [2.45, 2.75) is 43.7 Å². The Morgan fingerprint density at radius 1 is 1.36 bits per heavy atom. The summed E-state index contributed by atoms with van der Waals surface area (Å²) < 4.78 is 5.98. The molecule has 2 aliphatic rings. The third-order valence-corrected chi connectivity index (χ3v) is 6.41. The van der Waals surface area contributed by atoms with Gasteiger partial charge < -0.3 is 10.1 Å². The summed E-state index contributed by atoms with van der Waals surface area (Å²) in [6, 6.07) is 4.15. The standard InChI is InChI=1S/C16H18N2O2S2/c19-14(12-10-22-15(18-12)13-4-3-7-21-13)17-11-8-16(20-9-11)5-1-2-6-16/h3-4,7,10-11H,1-2,5-6,8-9H2,(H,17,19)/t11-/m0/s1. The number of nitrogens with one attached hydrogen (secondary N) is 1. The molecule has 4 rings (SSSR count). The third-order valence-electron chi connectivity index (χ3n) is 4.53. The van der Waals surface area contributed by atoms with Crippen molar-refractivity contribution < 1.29 is 9.53 Å². The van der Waals surface area contributed by atoms with Crippen molar-refractivity contribution in [2.75, 3.05) is 6.61 Å². The Morgan fingerprint density at radius 3 is 3.00 bits per heavy atom. The Bertz CT molecular complexity index is 660. The predicted molar refractivity (Wildman–Crippen MR) is 88.4 cm³/mol. The molecule has 2 fully saturated rings. The van der Waals surface area contributed by atoms with Gasteiger partial charge in [-0.2, -0.15) is 0 Å². The number of rotatable bonds is 3. The fourth-order valence-corrected chi connectivity index (χ4v) is 5.07. The SMILES string of the molecule is O=C(N[C@@H]1COC2(CCCC2)C1)c1csc(-c2cccs2)n1. The second kappa shape index (κ2) is 5.76. The highest BCUT2D eigenvalue weighted by Gasteiger charge is 2.42. The zero-order chi connectivity index (χ0) is 15.0. The van der Waals surface area contributed by atoms with E-state index in [1.807, 2.05) is 22.9 Å². The van der Waals surface area contributed by atoms with E-state index in [1.165, 1.54) is 24.2 Å². The van der Waals surface area contributed by atoms with Crippen LogP contribution in [0.1, 0.15) is 42.6 Å². The summed E-state index contributed by atoms with van der Waals surface area (Å²) in [5.41, 5.74) is 0.558. The van der Waals surface area contributed by atoms with E-state index >= 15 is 0 Å². The molecule has 4 nitrogen and oxygen atoms in total. The molecule has 6 heteroatoms. The van der Waals surface area contributed by atoms with E-state index in [4.69, 9.17) is 4.74 Å². The quantitative estimate of drug-likeness (QED) is 0.931. The molecule has 1 aliphatic heterocycles. The van der Waals surface area contributed by atoms with Gasteiger partial charge in [0, 0.05) is 5.38 Å². The lowest BCUT2D eigenvalue weighted by molar-refractivity contribution is 0.00987. The average molecular weight is 334 g/mol. The number of hydrogen-bond donors (Lipinski definition) is 1. The molecule has 0 radical (unpaired) electrons. The van der Waals surface area contributed by atoms with Crippen molar-refractivity contribution in [3.8, 4) is 9.88 Å². The number of amides is 1. The molecule has 1 N–H and O–H groups in total. The summed E-state index contributed by atoms with van der Waals surface area (Å²) in [5, 5.41) is 7.86. The zero-order valence-corrected chi connectivity index (χ0v) is 13.8. The summed E-state index contributed by atoms with van der Waals surface area (Å²) in [6.07, 6.45) is 5.71.